The van der Waals surface area contributed by atoms with Gasteiger partial charge in [0.1, 0.15) is 5.75 Å². The second-order valence-corrected chi connectivity index (χ2v) is 6.84. The molecular formula is C22H26N2O2. The molecule has 0 bridgehead atoms. The van der Waals surface area contributed by atoms with Crippen molar-refractivity contribution in [1.29, 1.82) is 0 Å². The van der Waals surface area contributed by atoms with Gasteiger partial charge in [0.25, 0.3) is 5.91 Å². The third-order valence-electron chi connectivity index (χ3n) is 4.56. The van der Waals surface area contributed by atoms with Crippen LogP contribution in [0.3, 0.4) is 0 Å². The number of rotatable bonds is 7. The Balaban J connectivity index is 1.49. The monoisotopic (exact) mass is 350 g/mol. The first kappa shape index (κ1) is 18.1. The predicted octanol–water partition coefficient (Wildman–Crippen LogP) is 4.35. The highest BCUT2D eigenvalue weighted by molar-refractivity contribution is 5.81. The van der Waals surface area contributed by atoms with Crippen LogP contribution in [0.1, 0.15) is 32.3 Å². The number of ether oxygens (including phenoxy) is 1. The topological polar surface area (TPSA) is 43.3 Å². The van der Waals surface area contributed by atoms with Crippen LogP contribution >= 0.6 is 0 Å². The van der Waals surface area contributed by atoms with E-state index >= 15 is 0 Å². The van der Waals surface area contributed by atoms with Gasteiger partial charge < -0.3 is 14.6 Å². The number of para-hydroxylation sites is 1. The summed E-state index contributed by atoms with van der Waals surface area (Å²) in [5.41, 5.74) is 2.43. The van der Waals surface area contributed by atoms with Gasteiger partial charge in [-0.15, -0.1) is 0 Å². The lowest BCUT2D eigenvalue weighted by Crippen LogP contribution is -2.37. The van der Waals surface area contributed by atoms with Crippen molar-refractivity contribution in [2.45, 2.75) is 39.3 Å². The lowest BCUT2D eigenvalue weighted by atomic mass is 10.0. The molecule has 1 atom stereocenters. The molecule has 0 fully saturated rings. The van der Waals surface area contributed by atoms with Crippen LogP contribution < -0.4 is 10.1 Å². The second kappa shape index (κ2) is 8.09. The maximum absolute atomic E-state index is 12.3. The van der Waals surface area contributed by atoms with E-state index in [0.29, 0.717) is 18.2 Å². The first-order valence-electron chi connectivity index (χ1n) is 9.13. The SMILES string of the molecule is CC(Oc1ccc(C(C)C)cc1)C(=O)NCCn1ccc2ccccc21. The van der Waals surface area contributed by atoms with Crippen molar-refractivity contribution in [3.63, 3.8) is 0 Å². The standard InChI is InChI=1S/C22H26N2O2/c1-16(2)18-8-10-20(11-9-18)26-17(3)22(25)23-13-15-24-14-12-19-6-4-5-7-21(19)24/h4-12,14,16-17H,13,15H2,1-3H3,(H,23,25). The van der Waals surface area contributed by atoms with Gasteiger partial charge >= 0.3 is 0 Å². The molecule has 0 aliphatic rings. The average Bonchev–Trinajstić information content (AvgIpc) is 3.05. The number of carbonyl (C=O) groups is 1. The molecule has 0 aliphatic heterocycles. The van der Waals surface area contributed by atoms with Crippen molar-refractivity contribution in [1.82, 2.24) is 9.88 Å². The summed E-state index contributed by atoms with van der Waals surface area (Å²) in [4.78, 5) is 12.3. The van der Waals surface area contributed by atoms with Crippen molar-refractivity contribution in [2.24, 2.45) is 0 Å². The number of aromatic nitrogens is 1. The van der Waals surface area contributed by atoms with Crippen molar-refractivity contribution in [3.8, 4) is 5.75 Å². The minimum atomic E-state index is -0.527. The first-order chi connectivity index (χ1) is 12.5. The summed E-state index contributed by atoms with van der Waals surface area (Å²) < 4.78 is 7.89. The van der Waals surface area contributed by atoms with Gasteiger partial charge in [-0.3, -0.25) is 4.79 Å². The molecule has 0 radical (unpaired) electrons. The van der Waals surface area contributed by atoms with Crippen molar-refractivity contribution < 1.29 is 9.53 Å². The molecule has 0 saturated heterocycles. The summed E-state index contributed by atoms with van der Waals surface area (Å²) in [5.74, 6) is 1.09. The van der Waals surface area contributed by atoms with Crippen molar-refractivity contribution in [2.75, 3.05) is 6.54 Å². The third kappa shape index (κ3) is 4.26. The van der Waals surface area contributed by atoms with Crippen molar-refractivity contribution in [3.05, 3.63) is 66.4 Å². The second-order valence-electron chi connectivity index (χ2n) is 6.84. The fraction of sp³-hybridized carbons (Fsp3) is 0.318. The van der Waals surface area contributed by atoms with E-state index in [1.165, 1.54) is 16.5 Å². The molecule has 3 rings (SSSR count). The minimum Gasteiger partial charge on any atom is -0.481 e. The molecule has 0 saturated carbocycles. The molecule has 4 nitrogen and oxygen atoms in total. The predicted molar refractivity (Wildman–Crippen MR) is 106 cm³/mol. The summed E-state index contributed by atoms with van der Waals surface area (Å²) in [5, 5.41) is 4.16. The number of carbonyl (C=O) groups excluding carboxylic acids is 1. The maximum Gasteiger partial charge on any atom is 0.260 e. The van der Waals surface area contributed by atoms with Gasteiger partial charge in [-0.1, -0.05) is 44.2 Å². The van der Waals surface area contributed by atoms with E-state index < -0.39 is 6.10 Å². The van der Waals surface area contributed by atoms with Crippen molar-refractivity contribution >= 4 is 16.8 Å². The largest absolute Gasteiger partial charge is 0.481 e. The smallest absolute Gasteiger partial charge is 0.260 e. The number of fused-ring (bicyclic) bond motifs is 1. The highest BCUT2D eigenvalue weighted by Crippen LogP contribution is 2.19. The van der Waals surface area contributed by atoms with E-state index in [9.17, 15) is 4.79 Å². The Morgan fingerprint density at radius 3 is 2.50 bits per heavy atom. The highest BCUT2D eigenvalue weighted by atomic mass is 16.5. The van der Waals surface area contributed by atoms with E-state index in [1.54, 1.807) is 6.92 Å². The molecule has 0 aliphatic carbocycles. The average molecular weight is 350 g/mol. The summed E-state index contributed by atoms with van der Waals surface area (Å²) in [7, 11) is 0. The number of hydrogen-bond donors (Lipinski definition) is 1. The molecule has 136 valence electrons. The maximum atomic E-state index is 12.3. The van der Waals surface area contributed by atoms with Gasteiger partial charge in [0.15, 0.2) is 6.10 Å². The lowest BCUT2D eigenvalue weighted by molar-refractivity contribution is -0.127. The highest BCUT2D eigenvalue weighted by Gasteiger charge is 2.14. The number of amides is 1. The Hall–Kier alpha value is -2.75. The van der Waals surface area contributed by atoms with Gasteiger partial charge in [-0.25, -0.2) is 0 Å². The third-order valence-corrected chi connectivity index (χ3v) is 4.56. The lowest BCUT2D eigenvalue weighted by Gasteiger charge is -2.16. The Labute approximate surface area is 154 Å². The van der Waals surface area contributed by atoms with Gasteiger partial charge in [0.2, 0.25) is 0 Å². The molecule has 1 N–H and O–H groups in total. The van der Waals surface area contributed by atoms with E-state index in [1.807, 2.05) is 42.6 Å². The van der Waals surface area contributed by atoms with Crippen LogP contribution in [0.25, 0.3) is 10.9 Å². The molecule has 3 aromatic rings. The van der Waals surface area contributed by atoms with E-state index in [0.717, 1.165) is 6.54 Å². The summed E-state index contributed by atoms with van der Waals surface area (Å²) in [6, 6.07) is 18.2. The number of nitrogens with one attached hydrogen (secondary N) is 1. The van der Waals surface area contributed by atoms with E-state index in [2.05, 4.69) is 41.9 Å². The Bertz CT molecular complexity index is 865. The van der Waals surface area contributed by atoms with Crippen LogP contribution in [0.4, 0.5) is 0 Å². The Kier molecular flexibility index (Phi) is 5.61. The molecule has 1 amide bonds. The van der Waals surface area contributed by atoms with Crippen LogP contribution in [0.5, 0.6) is 5.75 Å². The quantitative estimate of drug-likeness (QED) is 0.688. The Morgan fingerprint density at radius 1 is 1.04 bits per heavy atom. The Morgan fingerprint density at radius 2 is 1.77 bits per heavy atom. The fourth-order valence-electron chi connectivity index (χ4n) is 2.97. The molecule has 2 aromatic carbocycles. The van der Waals surface area contributed by atoms with E-state index in [4.69, 9.17) is 4.74 Å². The van der Waals surface area contributed by atoms with Gasteiger partial charge in [-0.2, -0.15) is 0 Å². The van der Waals surface area contributed by atoms with Crippen LogP contribution in [0.15, 0.2) is 60.8 Å². The zero-order chi connectivity index (χ0) is 18.5. The summed E-state index contributed by atoms with van der Waals surface area (Å²) >= 11 is 0. The summed E-state index contributed by atoms with van der Waals surface area (Å²) in [6.07, 6.45) is 1.52. The van der Waals surface area contributed by atoms with Crippen LogP contribution in [0.2, 0.25) is 0 Å². The molecular weight excluding hydrogens is 324 g/mol. The van der Waals surface area contributed by atoms with Crippen LogP contribution in [-0.2, 0) is 11.3 Å². The minimum absolute atomic E-state index is 0.102. The van der Waals surface area contributed by atoms with Gasteiger partial charge in [0.05, 0.1) is 0 Å². The zero-order valence-electron chi connectivity index (χ0n) is 15.6. The molecule has 4 heteroatoms. The molecule has 1 aromatic heterocycles. The molecule has 0 spiro atoms. The van der Waals surface area contributed by atoms with Gasteiger partial charge in [-0.05, 0) is 48.1 Å². The fourth-order valence-corrected chi connectivity index (χ4v) is 2.97. The molecule has 1 heterocycles. The van der Waals surface area contributed by atoms with E-state index in [-0.39, 0.29) is 5.91 Å². The zero-order valence-corrected chi connectivity index (χ0v) is 15.6. The molecule has 1 unspecified atom stereocenters. The van der Waals surface area contributed by atoms with Gasteiger partial charge in [0, 0.05) is 24.8 Å². The van der Waals surface area contributed by atoms with Crippen LogP contribution in [-0.4, -0.2) is 23.1 Å². The van der Waals surface area contributed by atoms with Crippen LogP contribution in [0, 0.1) is 0 Å². The normalized spacial score (nSPS) is 12.3. The number of nitrogens with zero attached hydrogens (tertiary/aromatic N) is 1. The first-order valence-corrected chi connectivity index (χ1v) is 9.13. The number of hydrogen-bond acceptors (Lipinski definition) is 2. The summed E-state index contributed by atoms with van der Waals surface area (Å²) in [6.45, 7) is 7.38. The number of benzene rings is 2. The molecule has 26 heavy (non-hydrogen) atoms.